The summed E-state index contributed by atoms with van der Waals surface area (Å²) < 4.78 is 60.3. The van der Waals surface area contributed by atoms with Crippen LogP contribution in [0.3, 0.4) is 0 Å². The molecule has 2 aromatic heterocycles. The van der Waals surface area contributed by atoms with E-state index >= 15 is 0 Å². The molecule has 3 heterocycles. The van der Waals surface area contributed by atoms with Crippen LogP contribution in [0.1, 0.15) is 16.8 Å². The van der Waals surface area contributed by atoms with Crippen LogP contribution in [0.2, 0.25) is 0 Å². The number of carbonyl (C=O) groups excluding carboxylic acids is 1. The van der Waals surface area contributed by atoms with E-state index in [0.717, 1.165) is 36.4 Å². The van der Waals surface area contributed by atoms with Crippen molar-refractivity contribution in [2.45, 2.75) is 19.1 Å². The molecule has 0 saturated heterocycles. The highest BCUT2D eigenvalue weighted by Crippen LogP contribution is 2.34. The molecule has 1 aliphatic rings. The highest BCUT2D eigenvalue weighted by Gasteiger charge is 2.35. The summed E-state index contributed by atoms with van der Waals surface area (Å²) in [5.74, 6) is -0.587. The second kappa shape index (κ2) is 8.41. The normalized spacial score (nSPS) is 13.5. The summed E-state index contributed by atoms with van der Waals surface area (Å²) in [4.78, 5) is 21.2. The molecule has 1 aliphatic heterocycles. The van der Waals surface area contributed by atoms with E-state index in [0.29, 0.717) is 35.1 Å². The van der Waals surface area contributed by atoms with Gasteiger partial charge in [-0.3, -0.25) is 4.57 Å². The lowest BCUT2D eigenvalue weighted by Gasteiger charge is -2.18. The van der Waals surface area contributed by atoms with Crippen LogP contribution >= 0.6 is 0 Å². The first-order valence-corrected chi connectivity index (χ1v) is 10.3. The predicted molar refractivity (Wildman–Crippen MR) is 115 cm³/mol. The molecule has 4 aromatic rings. The van der Waals surface area contributed by atoms with Crippen molar-refractivity contribution in [3.05, 3.63) is 77.6 Å². The summed E-state index contributed by atoms with van der Waals surface area (Å²) in [6.45, 7) is 1.43. The lowest BCUT2D eigenvalue weighted by atomic mass is 10.1. The number of amides is 1. The minimum Gasteiger partial charge on any atom is -0.439 e. The number of carbonyl (C=O) groups is 1. The summed E-state index contributed by atoms with van der Waals surface area (Å²) in [6, 6.07) is 8.53. The van der Waals surface area contributed by atoms with Gasteiger partial charge in [-0.05, 0) is 49.4 Å². The average Bonchev–Trinajstić information content (AvgIpc) is 3.23. The highest BCUT2D eigenvalue weighted by atomic mass is 19.4. The van der Waals surface area contributed by atoms with Crippen molar-refractivity contribution in [1.82, 2.24) is 19.9 Å². The van der Waals surface area contributed by atoms with Gasteiger partial charge in [-0.1, -0.05) is 6.07 Å². The fraction of sp³-hybridized carbons (Fsp3) is 0.174. The number of anilines is 1. The molecule has 5 rings (SSSR count). The third-order valence-electron chi connectivity index (χ3n) is 5.48. The molecule has 34 heavy (non-hydrogen) atoms. The van der Waals surface area contributed by atoms with Crippen molar-refractivity contribution in [1.29, 1.82) is 0 Å². The Morgan fingerprint density at radius 2 is 2.00 bits per heavy atom. The van der Waals surface area contributed by atoms with Crippen LogP contribution in [-0.2, 0) is 19.1 Å². The van der Waals surface area contributed by atoms with Crippen molar-refractivity contribution in [2.24, 2.45) is 0 Å². The molecule has 0 saturated carbocycles. The quantitative estimate of drug-likeness (QED) is 0.406. The monoisotopic (exact) mass is 471 g/mol. The summed E-state index contributed by atoms with van der Waals surface area (Å²) in [6.07, 6.45) is -1.27. The van der Waals surface area contributed by atoms with Crippen LogP contribution in [0.5, 0.6) is 11.6 Å². The number of nitrogens with zero attached hydrogens (tertiary/aromatic N) is 3. The van der Waals surface area contributed by atoms with Gasteiger partial charge in [0, 0.05) is 23.7 Å². The SMILES string of the molecule is O=C(Nc1cccc(C(F)(F)F)c1F)n1ccc2cc(Oc3ncnc4c3CCNC4)ccc21. The lowest BCUT2D eigenvalue weighted by molar-refractivity contribution is -0.139. The van der Waals surface area contributed by atoms with E-state index in [4.69, 9.17) is 4.74 Å². The molecule has 0 aliphatic carbocycles. The fourth-order valence-electron chi connectivity index (χ4n) is 3.84. The number of rotatable bonds is 3. The molecule has 1 amide bonds. The smallest absolute Gasteiger partial charge is 0.419 e. The first-order chi connectivity index (χ1) is 16.3. The molecule has 0 bridgehead atoms. The number of benzene rings is 2. The minimum absolute atomic E-state index is 0.461. The number of alkyl halides is 3. The first kappa shape index (κ1) is 21.8. The Balaban J connectivity index is 1.39. The molecule has 0 spiro atoms. The zero-order chi connectivity index (χ0) is 23.9. The average molecular weight is 471 g/mol. The summed E-state index contributed by atoms with van der Waals surface area (Å²) in [7, 11) is 0. The molecular formula is C23H17F4N5O2. The molecule has 0 unspecified atom stereocenters. The minimum atomic E-state index is -4.87. The number of hydrogen-bond donors (Lipinski definition) is 2. The van der Waals surface area contributed by atoms with Crippen molar-refractivity contribution in [2.75, 3.05) is 11.9 Å². The van der Waals surface area contributed by atoms with Crippen molar-refractivity contribution in [3.63, 3.8) is 0 Å². The largest absolute Gasteiger partial charge is 0.439 e. The Kier molecular flexibility index (Phi) is 5.40. The van der Waals surface area contributed by atoms with Gasteiger partial charge in [0.25, 0.3) is 0 Å². The number of hydrogen-bond acceptors (Lipinski definition) is 5. The maximum absolute atomic E-state index is 14.3. The van der Waals surface area contributed by atoms with Gasteiger partial charge in [0.05, 0.1) is 22.5 Å². The van der Waals surface area contributed by atoms with Crippen molar-refractivity contribution >= 4 is 22.6 Å². The second-order valence-electron chi connectivity index (χ2n) is 7.63. The van der Waals surface area contributed by atoms with Crippen molar-refractivity contribution < 1.29 is 27.1 Å². The third kappa shape index (κ3) is 4.05. The molecule has 0 fully saturated rings. The number of nitrogens with one attached hydrogen (secondary N) is 2. The molecule has 7 nitrogen and oxygen atoms in total. The van der Waals surface area contributed by atoms with Crippen LogP contribution in [0.15, 0.2) is 55.0 Å². The van der Waals surface area contributed by atoms with E-state index in [9.17, 15) is 22.4 Å². The molecule has 174 valence electrons. The van der Waals surface area contributed by atoms with Gasteiger partial charge < -0.3 is 15.4 Å². The van der Waals surface area contributed by atoms with Gasteiger partial charge in [-0.15, -0.1) is 0 Å². The Labute approximate surface area is 190 Å². The maximum Gasteiger partial charge on any atom is 0.419 e. The van der Waals surface area contributed by atoms with Crippen LogP contribution in [-0.4, -0.2) is 27.1 Å². The molecule has 2 aromatic carbocycles. The van der Waals surface area contributed by atoms with E-state index in [1.165, 1.54) is 17.1 Å². The first-order valence-electron chi connectivity index (χ1n) is 10.3. The summed E-state index contributed by atoms with van der Waals surface area (Å²) >= 11 is 0. The number of aromatic nitrogens is 3. The zero-order valence-electron chi connectivity index (χ0n) is 17.5. The van der Waals surface area contributed by atoms with Gasteiger partial charge in [0.1, 0.15) is 12.1 Å². The van der Waals surface area contributed by atoms with Gasteiger partial charge >= 0.3 is 12.2 Å². The molecular weight excluding hydrogens is 454 g/mol. The summed E-state index contributed by atoms with van der Waals surface area (Å²) in [5, 5.41) is 6.08. The molecule has 0 radical (unpaired) electrons. The zero-order valence-corrected chi connectivity index (χ0v) is 17.5. The van der Waals surface area contributed by atoms with E-state index in [1.54, 1.807) is 24.3 Å². The van der Waals surface area contributed by atoms with E-state index < -0.39 is 29.3 Å². The van der Waals surface area contributed by atoms with Gasteiger partial charge in [-0.2, -0.15) is 13.2 Å². The molecule has 0 atom stereocenters. The van der Waals surface area contributed by atoms with Gasteiger partial charge in [0.2, 0.25) is 5.88 Å². The summed E-state index contributed by atoms with van der Waals surface area (Å²) in [5.41, 5.74) is 0.256. The van der Waals surface area contributed by atoms with Gasteiger partial charge in [-0.25, -0.2) is 19.2 Å². The maximum atomic E-state index is 14.3. The molecule has 11 heteroatoms. The fourth-order valence-corrected chi connectivity index (χ4v) is 3.84. The molecule has 2 N–H and O–H groups in total. The number of ether oxygens (including phenoxy) is 1. The topological polar surface area (TPSA) is 81.1 Å². The van der Waals surface area contributed by atoms with Crippen LogP contribution in [0.4, 0.5) is 28.0 Å². The Morgan fingerprint density at radius 3 is 2.82 bits per heavy atom. The van der Waals surface area contributed by atoms with Gasteiger partial charge in [0.15, 0.2) is 5.82 Å². The Morgan fingerprint density at radius 1 is 1.15 bits per heavy atom. The standard InChI is InChI=1S/C23H17F4N5O2/c24-20-16(23(25,26)27)2-1-3-17(20)31-22(33)32-9-7-13-10-14(4-5-19(13)32)34-21-15-6-8-28-11-18(15)29-12-30-21/h1-5,7,9-10,12,28H,6,8,11H2,(H,31,33). The van der Waals surface area contributed by atoms with E-state index in [-0.39, 0.29) is 0 Å². The number of fused-ring (bicyclic) bond motifs is 2. The van der Waals surface area contributed by atoms with E-state index in [2.05, 4.69) is 20.6 Å². The second-order valence-corrected chi connectivity index (χ2v) is 7.63. The predicted octanol–water partition coefficient (Wildman–Crippen LogP) is 5.11. The van der Waals surface area contributed by atoms with Crippen molar-refractivity contribution in [3.8, 4) is 11.6 Å². The van der Waals surface area contributed by atoms with Crippen LogP contribution < -0.4 is 15.4 Å². The Hall–Kier alpha value is -3.99. The van der Waals surface area contributed by atoms with E-state index in [1.807, 2.05) is 0 Å². The lowest BCUT2D eigenvalue weighted by Crippen LogP contribution is -2.25. The van der Waals surface area contributed by atoms with Crippen LogP contribution in [0, 0.1) is 5.82 Å². The van der Waals surface area contributed by atoms with Crippen LogP contribution in [0.25, 0.3) is 10.9 Å². The Bertz CT molecular complexity index is 1400. The highest BCUT2D eigenvalue weighted by molar-refractivity contribution is 5.98. The number of halogens is 4. The third-order valence-corrected chi connectivity index (χ3v) is 5.48.